The van der Waals surface area contributed by atoms with Crippen molar-refractivity contribution in [2.24, 2.45) is 0 Å². The van der Waals surface area contributed by atoms with E-state index in [-0.39, 0.29) is 5.79 Å². The lowest BCUT2D eigenvalue weighted by Gasteiger charge is -2.37. The van der Waals surface area contributed by atoms with Gasteiger partial charge in [-0.3, -0.25) is 0 Å². The molecule has 0 N–H and O–H groups in total. The number of hydrogen-bond acceptors (Lipinski definition) is 5. The normalized spacial score (nSPS) is 24.2. The van der Waals surface area contributed by atoms with Gasteiger partial charge in [-0.15, -0.1) is 11.3 Å². The van der Waals surface area contributed by atoms with Gasteiger partial charge < -0.3 is 14.4 Å². The molecule has 0 saturated carbocycles. The average molecular weight is 240 g/mol. The zero-order chi connectivity index (χ0) is 11.0. The van der Waals surface area contributed by atoms with E-state index in [1.165, 1.54) is 0 Å². The van der Waals surface area contributed by atoms with E-state index in [2.05, 4.69) is 15.3 Å². The Morgan fingerprint density at radius 3 is 2.56 bits per heavy atom. The van der Waals surface area contributed by atoms with Crippen molar-refractivity contribution in [2.75, 3.05) is 31.2 Å². The fourth-order valence-corrected chi connectivity index (χ4v) is 3.17. The number of piperidine rings is 1. The quantitative estimate of drug-likeness (QED) is 0.749. The van der Waals surface area contributed by atoms with E-state index >= 15 is 0 Å². The minimum absolute atomic E-state index is 0.275. The zero-order valence-electron chi connectivity index (χ0n) is 9.44. The van der Waals surface area contributed by atoms with Crippen LogP contribution in [0.1, 0.15) is 18.5 Å². The van der Waals surface area contributed by atoms with E-state index in [0.717, 1.165) is 50.0 Å². The molecule has 1 spiro atoms. The van der Waals surface area contributed by atoms with Crippen LogP contribution in [0.2, 0.25) is 0 Å². The smallest absolute Gasteiger partial charge is 0.185 e. The Morgan fingerprint density at radius 2 is 2.00 bits per heavy atom. The van der Waals surface area contributed by atoms with Crippen LogP contribution >= 0.6 is 11.3 Å². The van der Waals surface area contributed by atoms with Gasteiger partial charge >= 0.3 is 0 Å². The van der Waals surface area contributed by atoms with Crippen LogP contribution in [0.5, 0.6) is 0 Å². The van der Waals surface area contributed by atoms with E-state index in [1.807, 2.05) is 6.92 Å². The Labute approximate surface area is 99.2 Å². The second kappa shape index (κ2) is 3.98. The number of ether oxygens (including phenoxy) is 2. The molecular formula is C11H16N2O2S. The molecule has 1 aromatic rings. The van der Waals surface area contributed by atoms with Crippen molar-refractivity contribution >= 4 is 16.5 Å². The standard InChI is InChI=1S/C11H16N2O2S/c1-9-8-16-10(12-9)13-4-2-11(3-5-13)14-6-7-15-11/h8H,2-7H2,1H3. The van der Waals surface area contributed by atoms with Gasteiger partial charge in [0.05, 0.1) is 18.9 Å². The van der Waals surface area contributed by atoms with Gasteiger partial charge in [0.2, 0.25) is 0 Å². The van der Waals surface area contributed by atoms with Gasteiger partial charge in [-0.05, 0) is 6.92 Å². The minimum atomic E-state index is -0.275. The number of anilines is 1. The second-order valence-corrected chi connectivity index (χ2v) is 5.20. The summed E-state index contributed by atoms with van der Waals surface area (Å²) in [5, 5.41) is 3.23. The average Bonchev–Trinajstić information content (AvgIpc) is 2.90. The molecule has 1 aromatic heterocycles. The first kappa shape index (κ1) is 10.5. The summed E-state index contributed by atoms with van der Waals surface area (Å²) in [5.41, 5.74) is 1.11. The third-order valence-electron chi connectivity index (χ3n) is 3.22. The summed E-state index contributed by atoms with van der Waals surface area (Å²) in [6.07, 6.45) is 1.90. The molecule has 0 atom stereocenters. The van der Waals surface area contributed by atoms with Crippen molar-refractivity contribution < 1.29 is 9.47 Å². The van der Waals surface area contributed by atoms with Crippen molar-refractivity contribution in [1.82, 2.24) is 4.98 Å². The summed E-state index contributed by atoms with van der Waals surface area (Å²) in [5.74, 6) is -0.275. The topological polar surface area (TPSA) is 34.6 Å². The number of nitrogens with zero attached hydrogens (tertiary/aromatic N) is 2. The molecule has 0 bridgehead atoms. The molecule has 0 aromatic carbocycles. The molecule has 0 radical (unpaired) electrons. The van der Waals surface area contributed by atoms with E-state index in [4.69, 9.17) is 9.47 Å². The predicted octanol–water partition coefficient (Wildman–Crippen LogP) is 1.79. The summed E-state index contributed by atoms with van der Waals surface area (Å²) >= 11 is 1.72. The van der Waals surface area contributed by atoms with Crippen molar-refractivity contribution in [1.29, 1.82) is 0 Å². The number of aromatic nitrogens is 1. The molecular weight excluding hydrogens is 224 g/mol. The minimum Gasteiger partial charge on any atom is -0.348 e. The highest BCUT2D eigenvalue weighted by Crippen LogP contribution is 2.33. The largest absolute Gasteiger partial charge is 0.348 e. The number of hydrogen-bond donors (Lipinski definition) is 0. The number of thiazole rings is 1. The van der Waals surface area contributed by atoms with Crippen LogP contribution in [0.3, 0.4) is 0 Å². The molecule has 3 heterocycles. The SMILES string of the molecule is Cc1csc(N2CCC3(CC2)OCCO3)n1. The lowest BCUT2D eigenvalue weighted by molar-refractivity contribution is -0.169. The van der Waals surface area contributed by atoms with Crippen LogP contribution in [-0.2, 0) is 9.47 Å². The first-order chi connectivity index (χ1) is 7.77. The fraction of sp³-hybridized carbons (Fsp3) is 0.727. The van der Waals surface area contributed by atoms with Crippen LogP contribution < -0.4 is 4.90 Å². The summed E-state index contributed by atoms with van der Waals surface area (Å²) in [4.78, 5) is 6.84. The van der Waals surface area contributed by atoms with Gasteiger partial charge in [0.15, 0.2) is 10.9 Å². The molecule has 16 heavy (non-hydrogen) atoms. The first-order valence-electron chi connectivity index (χ1n) is 5.72. The molecule has 5 heteroatoms. The van der Waals surface area contributed by atoms with Gasteiger partial charge in [-0.2, -0.15) is 0 Å². The van der Waals surface area contributed by atoms with E-state index in [9.17, 15) is 0 Å². The summed E-state index contributed by atoms with van der Waals surface area (Å²) < 4.78 is 11.4. The van der Waals surface area contributed by atoms with Crippen molar-refractivity contribution in [3.05, 3.63) is 11.1 Å². The molecule has 0 aliphatic carbocycles. The van der Waals surface area contributed by atoms with Gasteiger partial charge in [0.1, 0.15) is 0 Å². The lowest BCUT2D eigenvalue weighted by atomic mass is 10.0. The third kappa shape index (κ3) is 1.83. The Kier molecular flexibility index (Phi) is 2.61. The van der Waals surface area contributed by atoms with Crippen molar-refractivity contribution in [2.45, 2.75) is 25.6 Å². The first-order valence-corrected chi connectivity index (χ1v) is 6.60. The highest BCUT2D eigenvalue weighted by Gasteiger charge is 2.40. The zero-order valence-corrected chi connectivity index (χ0v) is 10.3. The van der Waals surface area contributed by atoms with Gasteiger partial charge in [0.25, 0.3) is 0 Å². The number of aryl methyl sites for hydroxylation is 1. The highest BCUT2D eigenvalue weighted by atomic mass is 32.1. The molecule has 2 saturated heterocycles. The Hall–Kier alpha value is -0.650. The van der Waals surface area contributed by atoms with E-state index in [0.29, 0.717) is 0 Å². The van der Waals surface area contributed by atoms with Crippen LogP contribution in [0.25, 0.3) is 0 Å². The maximum atomic E-state index is 5.70. The molecule has 4 nitrogen and oxygen atoms in total. The maximum Gasteiger partial charge on any atom is 0.185 e. The van der Waals surface area contributed by atoms with Crippen molar-refractivity contribution in [3.8, 4) is 0 Å². The molecule has 2 aliphatic rings. The van der Waals surface area contributed by atoms with E-state index in [1.54, 1.807) is 11.3 Å². The molecule has 0 unspecified atom stereocenters. The highest BCUT2D eigenvalue weighted by molar-refractivity contribution is 7.13. The molecule has 88 valence electrons. The Balaban J connectivity index is 1.66. The van der Waals surface area contributed by atoms with Crippen LogP contribution in [0, 0.1) is 6.92 Å². The molecule has 2 aliphatic heterocycles. The Morgan fingerprint density at radius 1 is 1.31 bits per heavy atom. The maximum absolute atomic E-state index is 5.70. The monoisotopic (exact) mass is 240 g/mol. The summed E-state index contributed by atoms with van der Waals surface area (Å²) in [7, 11) is 0. The molecule has 0 amide bonds. The third-order valence-corrected chi connectivity index (χ3v) is 4.24. The summed E-state index contributed by atoms with van der Waals surface area (Å²) in [6, 6.07) is 0. The van der Waals surface area contributed by atoms with Crippen LogP contribution in [0.15, 0.2) is 5.38 Å². The lowest BCUT2D eigenvalue weighted by Crippen LogP contribution is -2.45. The van der Waals surface area contributed by atoms with Crippen LogP contribution in [0.4, 0.5) is 5.13 Å². The van der Waals surface area contributed by atoms with Crippen molar-refractivity contribution in [3.63, 3.8) is 0 Å². The molecule has 3 rings (SSSR count). The van der Waals surface area contributed by atoms with Gasteiger partial charge in [-0.25, -0.2) is 4.98 Å². The van der Waals surface area contributed by atoms with Gasteiger partial charge in [-0.1, -0.05) is 0 Å². The molecule has 2 fully saturated rings. The van der Waals surface area contributed by atoms with E-state index < -0.39 is 0 Å². The van der Waals surface area contributed by atoms with Crippen LogP contribution in [-0.4, -0.2) is 37.1 Å². The predicted molar refractivity (Wildman–Crippen MR) is 62.9 cm³/mol. The number of rotatable bonds is 1. The van der Waals surface area contributed by atoms with Gasteiger partial charge in [0, 0.05) is 31.3 Å². The summed E-state index contributed by atoms with van der Waals surface area (Å²) in [6.45, 7) is 5.49. The second-order valence-electron chi connectivity index (χ2n) is 4.37. The Bertz CT molecular complexity index is 364. The fourth-order valence-electron chi connectivity index (χ4n) is 2.31.